The normalized spacial score (nSPS) is 23.4. The summed E-state index contributed by atoms with van der Waals surface area (Å²) in [5, 5.41) is 17.5. The van der Waals surface area contributed by atoms with Crippen LogP contribution in [0.2, 0.25) is 0 Å². The summed E-state index contributed by atoms with van der Waals surface area (Å²) in [6.07, 6.45) is 2.01. The molecule has 0 aromatic rings. The summed E-state index contributed by atoms with van der Waals surface area (Å²) in [5.74, 6) is 0. The van der Waals surface area contributed by atoms with Crippen molar-refractivity contribution in [2.45, 2.75) is 19.8 Å². The number of likely N-dealkylation sites (tertiary alicyclic amines) is 1. The van der Waals surface area contributed by atoms with E-state index in [0.29, 0.717) is 6.54 Å². The van der Waals surface area contributed by atoms with E-state index < -0.39 is 0 Å². The highest BCUT2D eigenvalue weighted by molar-refractivity contribution is 4.85. The number of piperidine rings is 1. The third-order valence-electron chi connectivity index (χ3n) is 2.74. The fourth-order valence-corrected chi connectivity index (χ4v) is 1.51. The lowest BCUT2D eigenvalue weighted by Crippen LogP contribution is -2.40. The Hall–Kier alpha value is -0.590. The van der Waals surface area contributed by atoms with Crippen LogP contribution in [0.4, 0.5) is 0 Å². The Morgan fingerprint density at radius 2 is 2.08 bits per heavy atom. The third-order valence-corrected chi connectivity index (χ3v) is 2.74. The SMILES string of the molecule is CC1(CO)CCN(CC#N)CC1. The zero-order valence-corrected chi connectivity index (χ0v) is 7.58. The Morgan fingerprint density at radius 1 is 1.50 bits per heavy atom. The topological polar surface area (TPSA) is 47.3 Å². The van der Waals surface area contributed by atoms with E-state index in [1.165, 1.54) is 0 Å². The molecule has 1 fully saturated rings. The molecule has 0 bridgehead atoms. The molecule has 68 valence electrons. The maximum Gasteiger partial charge on any atom is 0.0865 e. The Morgan fingerprint density at radius 3 is 2.50 bits per heavy atom. The van der Waals surface area contributed by atoms with Crippen LogP contribution in [0.25, 0.3) is 0 Å². The van der Waals surface area contributed by atoms with Gasteiger partial charge in [-0.15, -0.1) is 0 Å². The molecule has 0 saturated carbocycles. The summed E-state index contributed by atoms with van der Waals surface area (Å²) in [6, 6.07) is 2.15. The summed E-state index contributed by atoms with van der Waals surface area (Å²) >= 11 is 0. The number of nitriles is 1. The van der Waals surface area contributed by atoms with Gasteiger partial charge in [-0.2, -0.15) is 5.26 Å². The van der Waals surface area contributed by atoms with Crippen molar-refractivity contribution in [1.82, 2.24) is 4.90 Å². The first kappa shape index (κ1) is 9.50. The van der Waals surface area contributed by atoms with Gasteiger partial charge in [-0.05, 0) is 31.3 Å². The van der Waals surface area contributed by atoms with Gasteiger partial charge in [-0.25, -0.2) is 0 Å². The van der Waals surface area contributed by atoms with E-state index in [4.69, 9.17) is 10.4 Å². The summed E-state index contributed by atoms with van der Waals surface area (Å²) in [4.78, 5) is 2.14. The van der Waals surface area contributed by atoms with Crippen molar-refractivity contribution < 1.29 is 5.11 Å². The fraction of sp³-hybridized carbons (Fsp3) is 0.889. The van der Waals surface area contributed by atoms with E-state index in [9.17, 15) is 0 Å². The Labute approximate surface area is 73.6 Å². The molecule has 0 aromatic carbocycles. The number of hydrogen-bond donors (Lipinski definition) is 1. The Kier molecular flexibility index (Phi) is 3.07. The summed E-state index contributed by atoms with van der Waals surface area (Å²) < 4.78 is 0. The molecule has 0 spiro atoms. The van der Waals surface area contributed by atoms with Crippen LogP contribution in [-0.2, 0) is 0 Å². The molecule has 3 nitrogen and oxygen atoms in total. The molecular weight excluding hydrogens is 152 g/mol. The quantitative estimate of drug-likeness (QED) is 0.614. The van der Waals surface area contributed by atoms with Crippen LogP contribution >= 0.6 is 0 Å². The lowest BCUT2D eigenvalue weighted by atomic mass is 9.81. The van der Waals surface area contributed by atoms with Crippen LogP contribution in [0.1, 0.15) is 19.8 Å². The number of aliphatic hydroxyl groups excluding tert-OH is 1. The van der Waals surface area contributed by atoms with E-state index in [1.807, 2.05) is 0 Å². The molecule has 0 radical (unpaired) electrons. The second-order valence-electron chi connectivity index (χ2n) is 3.90. The van der Waals surface area contributed by atoms with E-state index in [1.54, 1.807) is 0 Å². The minimum atomic E-state index is 0.103. The van der Waals surface area contributed by atoms with Crippen LogP contribution < -0.4 is 0 Å². The lowest BCUT2D eigenvalue weighted by Gasteiger charge is -2.37. The van der Waals surface area contributed by atoms with Crippen molar-refractivity contribution >= 4 is 0 Å². The largest absolute Gasteiger partial charge is 0.396 e. The standard InChI is InChI=1S/C9H16N2O/c1-9(8-12)2-5-11(6-3-9)7-4-10/h12H,2-3,5-8H2,1H3. The first-order valence-corrected chi connectivity index (χ1v) is 4.40. The predicted molar refractivity (Wildman–Crippen MR) is 46.5 cm³/mol. The number of rotatable bonds is 2. The van der Waals surface area contributed by atoms with Crippen LogP contribution in [0, 0.1) is 16.7 Å². The van der Waals surface area contributed by atoms with Crippen molar-refractivity contribution in [2.75, 3.05) is 26.2 Å². The van der Waals surface area contributed by atoms with Gasteiger partial charge < -0.3 is 5.11 Å². The van der Waals surface area contributed by atoms with Gasteiger partial charge in [-0.3, -0.25) is 4.90 Å². The van der Waals surface area contributed by atoms with Crippen LogP contribution in [0.5, 0.6) is 0 Å². The second-order valence-corrected chi connectivity index (χ2v) is 3.90. The molecule has 1 N–H and O–H groups in total. The lowest BCUT2D eigenvalue weighted by molar-refractivity contribution is 0.0640. The van der Waals surface area contributed by atoms with Crippen molar-refractivity contribution in [3.05, 3.63) is 0 Å². The van der Waals surface area contributed by atoms with E-state index in [0.717, 1.165) is 25.9 Å². The number of aliphatic hydroxyl groups is 1. The molecule has 1 saturated heterocycles. The Balaban J connectivity index is 2.35. The minimum absolute atomic E-state index is 0.103. The maximum absolute atomic E-state index is 9.08. The highest BCUT2D eigenvalue weighted by Crippen LogP contribution is 2.29. The van der Waals surface area contributed by atoms with Gasteiger partial charge in [0, 0.05) is 6.61 Å². The molecule has 1 heterocycles. The average molecular weight is 168 g/mol. The van der Waals surface area contributed by atoms with Gasteiger partial charge >= 0.3 is 0 Å². The predicted octanol–water partition coefficient (Wildman–Crippen LogP) is 0.604. The number of nitrogens with zero attached hydrogens (tertiary/aromatic N) is 2. The van der Waals surface area contributed by atoms with Crippen LogP contribution in [0.15, 0.2) is 0 Å². The molecule has 0 amide bonds. The van der Waals surface area contributed by atoms with Gasteiger partial charge in [0.2, 0.25) is 0 Å². The minimum Gasteiger partial charge on any atom is -0.396 e. The van der Waals surface area contributed by atoms with Gasteiger partial charge in [-0.1, -0.05) is 6.92 Å². The molecule has 1 rings (SSSR count). The van der Waals surface area contributed by atoms with Gasteiger partial charge in [0.1, 0.15) is 0 Å². The molecular formula is C9H16N2O. The van der Waals surface area contributed by atoms with E-state index >= 15 is 0 Å². The number of hydrogen-bond acceptors (Lipinski definition) is 3. The molecule has 0 aromatic heterocycles. The second kappa shape index (κ2) is 3.88. The van der Waals surface area contributed by atoms with Crippen molar-refractivity contribution in [3.8, 4) is 6.07 Å². The smallest absolute Gasteiger partial charge is 0.0865 e. The zero-order valence-electron chi connectivity index (χ0n) is 7.58. The summed E-state index contributed by atoms with van der Waals surface area (Å²) in [7, 11) is 0. The van der Waals surface area contributed by atoms with Crippen molar-refractivity contribution in [1.29, 1.82) is 5.26 Å². The monoisotopic (exact) mass is 168 g/mol. The van der Waals surface area contributed by atoms with Crippen molar-refractivity contribution in [3.63, 3.8) is 0 Å². The summed E-state index contributed by atoms with van der Waals surface area (Å²) in [5.41, 5.74) is 0.103. The highest BCUT2D eigenvalue weighted by atomic mass is 16.3. The molecule has 0 unspecified atom stereocenters. The molecule has 0 aliphatic carbocycles. The van der Waals surface area contributed by atoms with Crippen LogP contribution in [0.3, 0.4) is 0 Å². The first-order chi connectivity index (χ1) is 5.70. The zero-order chi connectivity index (χ0) is 9.03. The average Bonchev–Trinajstić information content (AvgIpc) is 2.10. The molecule has 1 aliphatic rings. The third kappa shape index (κ3) is 2.20. The van der Waals surface area contributed by atoms with E-state index in [-0.39, 0.29) is 12.0 Å². The highest BCUT2D eigenvalue weighted by Gasteiger charge is 2.28. The molecule has 0 atom stereocenters. The fourth-order valence-electron chi connectivity index (χ4n) is 1.51. The first-order valence-electron chi connectivity index (χ1n) is 4.40. The maximum atomic E-state index is 9.08. The molecule has 12 heavy (non-hydrogen) atoms. The molecule has 3 heteroatoms. The van der Waals surface area contributed by atoms with E-state index in [2.05, 4.69) is 17.9 Å². The van der Waals surface area contributed by atoms with Gasteiger partial charge in [0.05, 0.1) is 12.6 Å². The Bertz CT molecular complexity index is 177. The molecule has 1 aliphatic heterocycles. The van der Waals surface area contributed by atoms with Gasteiger partial charge in [0.25, 0.3) is 0 Å². The van der Waals surface area contributed by atoms with Crippen molar-refractivity contribution in [2.24, 2.45) is 5.41 Å². The van der Waals surface area contributed by atoms with Gasteiger partial charge in [0.15, 0.2) is 0 Å². The van der Waals surface area contributed by atoms with Crippen LogP contribution in [-0.4, -0.2) is 36.2 Å². The summed E-state index contributed by atoms with van der Waals surface area (Å²) in [6.45, 7) is 4.81.